The van der Waals surface area contributed by atoms with Crippen molar-refractivity contribution in [3.8, 4) is 33.4 Å². The van der Waals surface area contributed by atoms with Gasteiger partial charge in [0.1, 0.15) is 25.7 Å². The minimum absolute atomic E-state index is 0. The normalized spacial score (nSPS) is 12.6. The Morgan fingerprint density at radius 2 is 0.871 bits per heavy atom. The summed E-state index contributed by atoms with van der Waals surface area (Å²) >= 11 is 0. The van der Waals surface area contributed by atoms with Gasteiger partial charge < -0.3 is 41.4 Å². The second-order valence-electron chi connectivity index (χ2n) is 22.1. The number of fused-ring (bicyclic) bond motifs is 7. The summed E-state index contributed by atoms with van der Waals surface area (Å²) in [4.78, 5) is 42.5. The molecule has 1 aliphatic rings. The number of hydrogen-bond donors (Lipinski definition) is 1. The van der Waals surface area contributed by atoms with Crippen molar-refractivity contribution >= 4 is 51.9 Å². The maximum Gasteiger partial charge on any atom is 0.331 e. The molecular weight excluding hydrogens is 1260 g/mol. The molecule has 1 aliphatic heterocycles. The Balaban J connectivity index is 0.000000203. The third-order valence-electron chi connectivity index (χ3n) is 14.8. The molecule has 0 saturated carbocycles. The number of halogens is 7. The van der Waals surface area contributed by atoms with Gasteiger partial charge in [0.05, 0.1) is 33.9 Å². The predicted octanol–water partition coefficient (Wildman–Crippen LogP) is 13.0. The maximum atomic E-state index is 14.6. The van der Waals surface area contributed by atoms with E-state index in [2.05, 4.69) is 9.98 Å². The lowest BCUT2D eigenvalue weighted by molar-refractivity contribution is -0.916. The molecule has 0 saturated heterocycles. The van der Waals surface area contributed by atoms with Crippen LogP contribution in [0.5, 0.6) is 0 Å². The Bertz CT molecular complexity index is 4020. The summed E-state index contributed by atoms with van der Waals surface area (Å²) in [6.45, 7) is 7.43. The van der Waals surface area contributed by atoms with E-state index in [1.165, 1.54) is 0 Å². The van der Waals surface area contributed by atoms with Gasteiger partial charge in [0.2, 0.25) is 0 Å². The summed E-state index contributed by atoms with van der Waals surface area (Å²) in [5.74, 6) is -9.12. The van der Waals surface area contributed by atoms with Crippen LogP contribution in [-0.4, -0.2) is 87.4 Å². The van der Waals surface area contributed by atoms with Crippen LogP contribution in [0.3, 0.4) is 0 Å². The fraction of sp³-hybridized carbons (Fsp3) is 0.197. The number of carbonyl (C=O) groups is 3. The summed E-state index contributed by atoms with van der Waals surface area (Å²) in [6, 6.07) is 60.8. The first-order chi connectivity index (χ1) is 44.4. The summed E-state index contributed by atoms with van der Waals surface area (Å²) in [6.07, 6.45) is 4.46. The lowest BCUT2D eigenvalue weighted by Crippen LogP contribution is -3.00. The number of ether oxygens (including phenoxy) is 3. The molecule has 0 unspecified atom stereocenters. The van der Waals surface area contributed by atoms with E-state index < -0.39 is 47.0 Å². The van der Waals surface area contributed by atoms with Gasteiger partial charge in [-0.1, -0.05) is 170 Å². The smallest absolute Gasteiger partial charge is 0.331 e. The van der Waals surface area contributed by atoms with E-state index in [0.717, 1.165) is 90.3 Å². The molecule has 10 aromatic carbocycles. The fourth-order valence-corrected chi connectivity index (χ4v) is 10.7. The Labute approximate surface area is 548 Å². The van der Waals surface area contributed by atoms with Gasteiger partial charge in [-0.2, -0.15) is 0 Å². The molecule has 1 heterocycles. The molecule has 2 atom stereocenters. The van der Waals surface area contributed by atoms with Gasteiger partial charge in [-0.25, -0.2) is 31.1 Å². The van der Waals surface area contributed by atoms with Crippen LogP contribution in [0, 0.1) is 34.9 Å². The Morgan fingerprint density at radius 1 is 0.495 bits per heavy atom. The van der Waals surface area contributed by atoms with Crippen molar-refractivity contribution in [2.24, 2.45) is 15.7 Å². The van der Waals surface area contributed by atoms with Gasteiger partial charge in [0, 0.05) is 41.1 Å². The van der Waals surface area contributed by atoms with Crippen LogP contribution < -0.4 is 22.7 Å². The summed E-state index contributed by atoms with van der Waals surface area (Å²) in [7, 11) is 3.99. The molecule has 0 spiro atoms. The molecule has 480 valence electrons. The van der Waals surface area contributed by atoms with Gasteiger partial charge in [0.15, 0.2) is 40.9 Å². The number of benzene rings is 10. The van der Waals surface area contributed by atoms with Crippen molar-refractivity contribution in [2.75, 3.05) is 40.5 Å². The quantitative estimate of drug-likeness (QED) is 0.0255. The van der Waals surface area contributed by atoms with Crippen LogP contribution in [0.15, 0.2) is 216 Å². The topological polar surface area (TPSA) is 130 Å². The molecular formula is C76H71BrF6N4O6. The highest BCUT2D eigenvalue weighted by atomic mass is 79.9. The number of carbonyl (C=O) groups excluding carboxylic acids is 3. The minimum atomic E-state index is -1.54. The zero-order chi connectivity index (χ0) is 65.7. The number of rotatable bonds is 16. The van der Waals surface area contributed by atoms with Gasteiger partial charge in [-0.3, -0.25) is 19.6 Å². The third-order valence-corrected chi connectivity index (χ3v) is 14.8. The first-order valence-corrected chi connectivity index (χ1v) is 30.0. The van der Waals surface area contributed by atoms with Gasteiger partial charge in [-0.15, -0.1) is 0 Å². The summed E-state index contributed by atoms with van der Waals surface area (Å²) in [5.41, 5.74) is 14.5. The zero-order valence-corrected chi connectivity index (χ0v) is 53.7. The number of aliphatic imine (C=N–C) groups is 2. The molecule has 0 fully saturated rings. The molecule has 11 rings (SSSR count). The van der Waals surface area contributed by atoms with Gasteiger partial charge in [-0.05, 0) is 130 Å². The van der Waals surface area contributed by atoms with Crippen LogP contribution >= 0.6 is 0 Å². The SMILES string of the molecule is CCOC(=O)CN=Cc1ccccc1.CCOC(=O)[C@@H](N)Cc1ccccc1.CCOC(=O)[C@H](Cc1ccccc1)N=Cc1ccccc1.C[N+]1(C)Cc2c(-c3cc(F)c(F)c(F)c3)cc3ccccc3c2-c2c(c(-c3cc(F)c(F)c(F)c3)cc3ccccc23)C1.[Br-]. The van der Waals surface area contributed by atoms with E-state index in [0.29, 0.717) is 61.4 Å². The van der Waals surface area contributed by atoms with Crippen molar-refractivity contribution in [3.05, 3.63) is 275 Å². The number of quaternary nitrogens is 1. The van der Waals surface area contributed by atoms with Crippen LogP contribution in [0.25, 0.3) is 54.9 Å². The first kappa shape index (κ1) is 70.9. The number of esters is 3. The van der Waals surface area contributed by atoms with Gasteiger partial charge in [0.25, 0.3) is 0 Å². The first-order valence-electron chi connectivity index (χ1n) is 30.0. The van der Waals surface area contributed by atoms with E-state index in [4.69, 9.17) is 19.9 Å². The zero-order valence-electron chi connectivity index (χ0n) is 52.1. The van der Waals surface area contributed by atoms with Crippen molar-refractivity contribution in [1.29, 1.82) is 0 Å². The van der Waals surface area contributed by atoms with Crippen molar-refractivity contribution in [1.82, 2.24) is 0 Å². The molecule has 17 heteroatoms. The van der Waals surface area contributed by atoms with Crippen molar-refractivity contribution in [3.63, 3.8) is 0 Å². The lowest BCUT2D eigenvalue weighted by Gasteiger charge is -2.30. The van der Waals surface area contributed by atoms with Crippen molar-refractivity contribution < 1.29 is 76.4 Å². The number of hydrogen-bond acceptors (Lipinski definition) is 9. The average Bonchev–Trinajstić information content (AvgIpc) is 1.70. The highest BCUT2D eigenvalue weighted by Gasteiger charge is 2.34. The van der Waals surface area contributed by atoms with E-state index >= 15 is 0 Å². The molecule has 0 amide bonds. The van der Waals surface area contributed by atoms with Gasteiger partial charge >= 0.3 is 17.9 Å². The van der Waals surface area contributed by atoms with E-state index in [1.807, 2.05) is 196 Å². The molecule has 10 nitrogen and oxygen atoms in total. The second-order valence-corrected chi connectivity index (χ2v) is 22.1. The molecule has 93 heavy (non-hydrogen) atoms. The van der Waals surface area contributed by atoms with E-state index in [1.54, 1.807) is 33.2 Å². The van der Waals surface area contributed by atoms with E-state index in [-0.39, 0.29) is 52.6 Å². The highest BCUT2D eigenvalue weighted by molar-refractivity contribution is 6.12. The van der Waals surface area contributed by atoms with Crippen LogP contribution in [-0.2, 0) is 54.5 Å². The Morgan fingerprint density at radius 3 is 1.30 bits per heavy atom. The molecule has 0 aromatic heterocycles. The average molecular weight is 1330 g/mol. The van der Waals surface area contributed by atoms with Crippen LogP contribution in [0.4, 0.5) is 26.3 Å². The fourth-order valence-electron chi connectivity index (χ4n) is 10.7. The molecule has 2 N–H and O–H groups in total. The third kappa shape index (κ3) is 19.3. The standard InChI is InChI=1S/C36H24F6N.C18H19NO2.C11H13NO2.C11H15NO2.BrH/c1-43(2)17-27-25(21-13-29(37)35(41)30(38)14-21)11-19-7-3-5-9-23(19)33(27)34-24-10-6-4-8-20(24)12-26(28(34)18-43)22-15-31(39)36(42)32(40)16-22;1-2-21-18(20)17(13-15-9-5-3-6-10-15)19-14-16-11-7-4-8-12-16;1-2-14-11(13)9-12-8-10-6-4-3-5-7-10;1-2-14-11(13)10(12)8-9-6-4-3-5-7-9;/h3-16H,17-18H2,1-2H3;3-12,14,17H,2,13H2,1H3;3-8H,2,9H2,1H3;3-7,10H,2,8,12H2,1H3;1H/q+1;;;;/p-1/t;17-;;10-;/m.0.0./s1. The molecule has 0 radical (unpaired) electrons. The van der Waals surface area contributed by atoms with Crippen LogP contribution in [0.1, 0.15) is 54.2 Å². The van der Waals surface area contributed by atoms with Crippen LogP contribution in [0.2, 0.25) is 0 Å². The monoisotopic (exact) mass is 1330 g/mol. The second kappa shape index (κ2) is 34.2. The summed E-state index contributed by atoms with van der Waals surface area (Å²) < 4.78 is 101. The van der Waals surface area contributed by atoms with E-state index in [9.17, 15) is 40.7 Å². The largest absolute Gasteiger partial charge is 1.00 e. The predicted molar refractivity (Wildman–Crippen MR) is 352 cm³/mol. The minimum Gasteiger partial charge on any atom is -1.00 e. The molecule has 10 aromatic rings. The van der Waals surface area contributed by atoms with Crippen molar-refractivity contribution in [2.45, 2.75) is 58.8 Å². The summed E-state index contributed by atoms with van der Waals surface area (Å²) in [5, 5.41) is 3.36. The lowest BCUT2D eigenvalue weighted by atomic mass is 9.82. The number of nitrogens with zero attached hydrogens (tertiary/aromatic N) is 3. The molecule has 0 aliphatic carbocycles. The Kier molecular flexibility index (Phi) is 26.1. The number of nitrogens with two attached hydrogens (primary N) is 1. The highest BCUT2D eigenvalue weighted by Crippen LogP contribution is 2.49. The molecule has 0 bridgehead atoms. The maximum absolute atomic E-state index is 14.6. The Hall–Kier alpha value is -9.55.